The Labute approximate surface area is 71.1 Å². The van der Waals surface area contributed by atoms with Crippen LogP contribution < -0.4 is 5.76 Å². The molecule has 1 aromatic carbocycles. The number of fused-ring (bicyclic) bond motifs is 1. The predicted molar refractivity (Wildman–Crippen MR) is 42.9 cm³/mol. The minimum atomic E-state index is -0.980. The molecule has 0 fully saturated rings. The smallest absolute Gasteiger partial charge is 0.404 e. The van der Waals surface area contributed by atoms with Crippen LogP contribution in [0.4, 0.5) is 0 Å². The largest absolute Gasteiger partial charge is 0.478 e. The van der Waals surface area contributed by atoms with E-state index in [1.54, 1.807) is 12.1 Å². The van der Waals surface area contributed by atoms with Crippen molar-refractivity contribution in [3.63, 3.8) is 0 Å². The molecule has 0 radical (unpaired) electrons. The lowest BCUT2D eigenvalue weighted by Crippen LogP contribution is -2.21. The van der Waals surface area contributed by atoms with E-state index in [2.05, 4.69) is 4.42 Å². The third kappa shape index (κ3) is 0.994. The van der Waals surface area contributed by atoms with Gasteiger partial charge in [-0.05, 0) is 12.1 Å². The average Bonchev–Trinajstić information content (AvgIpc) is 2.39. The van der Waals surface area contributed by atoms with Crippen LogP contribution >= 0.6 is 0 Å². The molecule has 0 aliphatic carbocycles. The highest BCUT2D eigenvalue weighted by Crippen LogP contribution is 2.10. The highest BCUT2D eigenvalue weighted by atomic mass is 16.7. The van der Waals surface area contributed by atoms with Crippen LogP contribution in [0.1, 0.15) is 0 Å². The number of aromatic nitrogens is 1. The molecule has 0 atom stereocenters. The maximum absolute atomic E-state index is 10.9. The van der Waals surface area contributed by atoms with E-state index in [9.17, 15) is 14.9 Å². The molecule has 0 amide bonds. The van der Waals surface area contributed by atoms with Gasteiger partial charge in [0.05, 0.1) is 0 Å². The molecule has 0 saturated heterocycles. The molecule has 2 rings (SSSR count). The lowest BCUT2D eigenvalue weighted by atomic mass is 10.3. The lowest BCUT2D eigenvalue weighted by molar-refractivity contribution is -0.541. The van der Waals surface area contributed by atoms with Gasteiger partial charge in [-0.2, -0.15) is 0 Å². The van der Waals surface area contributed by atoms with Crippen molar-refractivity contribution in [2.75, 3.05) is 0 Å². The summed E-state index contributed by atoms with van der Waals surface area (Å²) < 4.78 is 5.00. The molecule has 0 bridgehead atoms. The molecule has 0 aliphatic heterocycles. The van der Waals surface area contributed by atoms with Crippen LogP contribution in [0.2, 0.25) is 0 Å². The zero-order valence-corrected chi connectivity index (χ0v) is 6.34. The van der Waals surface area contributed by atoms with Gasteiger partial charge in [0.2, 0.25) is 0 Å². The normalized spacial score (nSPS) is 10.5. The van der Waals surface area contributed by atoms with Crippen molar-refractivity contribution in [1.29, 1.82) is 0 Å². The number of oxazole rings is 1. The molecule has 0 saturated carbocycles. The highest BCUT2D eigenvalue weighted by Gasteiger charge is 2.16. The molecule has 6 heteroatoms. The molecular formula is C7H4N2O4. The number of rotatable bonds is 1. The van der Waals surface area contributed by atoms with Gasteiger partial charge in [-0.3, -0.25) is 0 Å². The van der Waals surface area contributed by atoms with Crippen molar-refractivity contribution in [2.24, 2.45) is 0 Å². The van der Waals surface area contributed by atoms with Crippen LogP contribution in [0.15, 0.2) is 33.5 Å². The summed E-state index contributed by atoms with van der Waals surface area (Å²) in [5.41, 5.74) is 0.377. The summed E-state index contributed by atoms with van der Waals surface area (Å²) in [5, 5.41) is 9.59. The average molecular weight is 180 g/mol. The molecule has 0 unspecified atom stereocenters. The lowest BCUT2D eigenvalue weighted by Gasteiger charge is -1.86. The Hall–Kier alpha value is -2.11. The molecule has 1 heterocycles. The van der Waals surface area contributed by atoms with E-state index in [0.29, 0.717) is 4.68 Å². The van der Waals surface area contributed by atoms with E-state index < -0.39 is 10.8 Å². The number of nitro groups is 1. The summed E-state index contributed by atoms with van der Waals surface area (Å²) in [5.74, 6) is -0.980. The van der Waals surface area contributed by atoms with Crippen molar-refractivity contribution in [3.8, 4) is 0 Å². The fourth-order valence-corrected chi connectivity index (χ4v) is 1.11. The number of para-hydroxylation sites is 2. The number of benzene rings is 1. The summed E-state index contributed by atoms with van der Waals surface area (Å²) in [7, 11) is 0. The molecule has 66 valence electrons. The summed E-state index contributed by atoms with van der Waals surface area (Å²) in [6.07, 6.45) is 0. The van der Waals surface area contributed by atoms with E-state index >= 15 is 0 Å². The fourth-order valence-electron chi connectivity index (χ4n) is 1.11. The quantitative estimate of drug-likeness (QED) is 0.476. The van der Waals surface area contributed by atoms with Gasteiger partial charge in [-0.1, -0.05) is 12.1 Å². The topological polar surface area (TPSA) is 78.3 Å². The number of nitrogens with zero attached hydrogens (tertiary/aromatic N) is 2. The summed E-state index contributed by atoms with van der Waals surface area (Å²) in [6, 6.07) is 6.17. The summed E-state index contributed by atoms with van der Waals surface area (Å²) >= 11 is 0. The number of hydrogen-bond acceptors (Lipinski definition) is 4. The van der Waals surface area contributed by atoms with Crippen LogP contribution in [-0.2, 0) is 0 Å². The molecule has 0 spiro atoms. The predicted octanol–water partition coefficient (Wildman–Crippen LogP) is 0.634. The molecule has 13 heavy (non-hydrogen) atoms. The van der Waals surface area contributed by atoms with Gasteiger partial charge in [0.15, 0.2) is 16.1 Å². The maximum atomic E-state index is 10.9. The first-order valence-electron chi connectivity index (χ1n) is 3.45. The Kier molecular flexibility index (Phi) is 1.42. The zero-order valence-electron chi connectivity index (χ0n) is 6.34. The SMILES string of the molecule is O=c1oc2ccccc2n1[N+](=O)[O-]. The fraction of sp³-hybridized carbons (Fsp3) is 0. The Morgan fingerprint density at radius 2 is 2.08 bits per heavy atom. The van der Waals surface area contributed by atoms with E-state index in [4.69, 9.17) is 0 Å². The van der Waals surface area contributed by atoms with Crippen molar-refractivity contribution >= 4 is 11.1 Å². The molecular weight excluding hydrogens is 176 g/mol. The van der Waals surface area contributed by atoms with Gasteiger partial charge < -0.3 is 4.42 Å². The molecule has 6 nitrogen and oxygen atoms in total. The first-order chi connectivity index (χ1) is 6.20. The standard InChI is InChI=1S/C7H4N2O4/c10-7-8(9(11)12)5-3-1-2-4-6(5)13-7/h1-4H. The molecule has 0 aliphatic rings. The minimum absolute atomic E-state index is 0.164. The molecule has 1 aromatic heterocycles. The van der Waals surface area contributed by atoms with E-state index in [1.807, 2.05) is 0 Å². The summed E-state index contributed by atoms with van der Waals surface area (Å²) in [6.45, 7) is 0. The summed E-state index contributed by atoms with van der Waals surface area (Å²) in [4.78, 5) is 21.3. The van der Waals surface area contributed by atoms with Gasteiger partial charge in [0.1, 0.15) is 0 Å². The van der Waals surface area contributed by atoms with Crippen molar-refractivity contribution < 1.29 is 9.45 Å². The zero-order chi connectivity index (χ0) is 9.42. The van der Waals surface area contributed by atoms with E-state index in [0.717, 1.165) is 0 Å². The second kappa shape index (κ2) is 2.44. The van der Waals surface area contributed by atoms with Crippen LogP contribution in [0.25, 0.3) is 11.1 Å². The number of hydrogen-bond donors (Lipinski definition) is 0. The van der Waals surface area contributed by atoms with Crippen LogP contribution in [0.5, 0.6) is 0 Å². The van der Waals surface area contributed by atoms with Gasteiger partial charge >= 0.3 is 5.76 Å². The molecule has 2 aromatic rings. The Bertz CT molecular complexity index is 525. The monoisotopic (exact) mass is 180 g/mol. The Morgan fingerprint density at radius 1 is 1.38 bits per heavy atom. The first kappa shape index (κ1) is 7.53. The van der Waals surface area contributed by atoms with Crippen LogP contribution in [0.3, 0.4) is 0 Å². The third-order valence-corrected chi connectivity index (χ3v) is 1.63. The second-order valence-electron chi connectivity index (χ2n) is 2.39. The van der Waals surface area contributed by atoms with E-state index in [1.165, 1.54) is 12.1 Å². The Balaban J connectivity index is 2.95. The third-order valence-electron chi connectivity index (χ3n) is 1.63. The molecule has 0 N–H and O–H groups in total. The minimum Gasteiger partial charge on any atom is -0.404 e. The Morgan fingerprint density at radius 3 is 2.77 bits per heavy atom. The van der Waals surface area contributed by atoms with Crippen molar-refractivity contribution in [2.45, 2.75) is 0 Å². The van der Waals surface area contributed by atoms with Crippen LogP contribution in [0, 0.1) is 10.1 Å². The van der Waals surface area contributed by atoms with Crippen molar-refractivity contribution in [3.05, 3.63) is 44.9 Å². The van der Waals surface area contributed by atoms with Gasteiger partial charge in [-0.15, -0.1) is 0 Å². The first-order valence-corrected chi connectivity index (χ1v) is 3.45. The van der Waals surface area contributed by atoms with E-state index in [-0.39, 0.29) is 11.1 Å². The second-order valence-corrected chi connectivity index (χ2v) is 2.39. The van der Waals surface area contributed by atoms with Gasteiger partial charge in [0, 0.05) is 4.68 Å². The highest BCUT2D eigenvalue weighted by molar-refractivity contribution is 5.71. The van der Waals surface area contributed by atoms with Gasteiger partial charge in [-0.25, -0.2) is 14.9 Å². The van der Waals surface area contributed by atoms with Gasteiger partial charge in [0.25, 0.3) is 0 Å². The van der Waals surface area contributed by atoms with Crippen LogP contribution in [-0.4, -0.2) is 9.71 Å². The maximum Gasteiger partial charge on any atom is 0.478 e. The van der Waals surface area contributed by atoms with Crippen molar-refractivity contribution in [1.82, 2.24) is 4.68 Å².